The van der Waals surface area contributed by atoms with Crippen LogP contribution in [0.25, 0.3) is 22.6 Å². The van der Waals surface area contributed by atoms with Crippen molar-refractivity contribution in [3.63, 3.8) is 0 Å². The Balaban J connectivity index is 2.09. The minimum absolute atomic E-state index is 0.178. The van der Waals surface area contributed by atoms with Gasteiger partial charge in [-0.15, -0.1) is 0 Å². The van der Waals surface area contributed by atoms with E-state index in [0.29, 0.717) is 11.3 Å². The summed E-state index contributed by atoms with van der Waals surface area (Å²) in [5, 5.41) is 4.22. The monoisotopic (exact) mass is 292 g/mol. The molecule has 0 fully saturated rings. The fourth-order valence-electron chi connectivity index (χ4n) is 2.02. The molecular weight excluding hydrogens is 278 g/mol. The van der Waals surface area contributed by atoms with Crippen LogP contribution in [0, 0.1) is 0 Å². The van der Waals surface area contributed by atoms with Gasteiger partial charge in [-0.05, 0) is 19.9 Å². The molecular formula is C13H14F2N6. The van der Waals surface area contributed by atoms with Gasteiger partial charge in [0.05, 0.1) is 17.4 Å². The molecule has 0 bridgehead atoms. The third-order valence-electron chi connectivity index (χ3n) is 3.14. The van der Waals surface area contributed by atoms with Gasteiger partial charge in [-0.2, -0.15) is 5.10 Å². The van der Waals surface area contributed by atoms with E-state index in [1.165, 1.54) is 0 Å². The first-order valence-electron chi connectivity index (χ1n) is 6.44. The van der Waals surface area contributed by atoms with Gasteiger partial charge in [0.15, 0.2) is 5.65 Å². The van der Waals surface area contributed by atoms with E-state index in [9.17, 15) is 8.78 Å². The highest BCUT2D eigenvalue weighted by molar-refractivity contribution is 5.86. The molecule has 3 N–H and O–H groups in total. The average Bonchev–Trinajstić information content (AvgIpc) is 3.04. The van der Waals surface area contributed by atoms with Gasteiger partial charge in [-0.25, -0.2) is 18.7 Å². The van der Waals surface area contributed by atoms with Crippen molar-refractivity contribution in [2.45, 2.75) is 26.3 Å². The smallest absolute Gasteiger partial charge is 0.280 e. The highest BCUT2D eigenvalue weighted by Crippen LogP contribution is 2.27. The van der Waals surface area contributed by atoms with Crippen molar-refractivity contribution >= 4 is 16.9 Å². The van der Waals surface area contributed by atoms with Crippen LogP contribution in [0.5, 0.6) is 0 Å². The summed E-state index contributed by atoms with van der Waals surface area (Å²) in [4.78, 5) is 11.1. The van der Waals surface area contributed by atoms with Crippen molar-refractivity contribution < 1.29 is 8.78 Å². The molecule has 0 aliphatic rings. The SMILES string of the molecule is CC(C)n1cc(-c2nc3nc(C(F)F)cc(N)c3[nH]2)cn1. The molecule has 6 nitrogen and oxygen atoms in total. The fraction of sp³-hybridized carbons (Fsp3) is 0.308. The first kappa shape index (κ1) is 13.5. The van der Waals surface area contributed by atoms with Crippen molar-refractivity contribution in [1.29, 1.82) is 0 Å². The molecule has 8 heteroatoms. The number of nitrogens with zero attached hydrogens (tertiary/aromatic N) is 4. The molecule has 21 heavy (non-hydrogen) atoms. The highest BCUT2D eigenvalue weighted by Gasteiger charge is 2.16. The number of anilines is 1. The molecule has 0 unspecified atom stereocenters. The fourth-order valence-corrected chi connectivity index (χ4v) is 2.02. The number of H-pyrrole nitrogens is 1. The van der Waals surface area contributed by atoms with E-state index >= 15 is 0 Å². The Morgan fingerprint density at radius 2 is 2.05 bits per heavy atom. The topological polar surface area (TPSA) is 85.4 Å². The molecule has 0 saturated carbocycles. The number of rotatable bonds is 3. The predicted octanol–water partition coefficient (Wildman–Crippen LogP) is 2.92. The first-order chi connectivity index (χ1) is 9.95. The summed E-state index contributed by atoms with van der Waals surface area (Å²) in [5.41, 5.74) is 6.97. The van der Waals surface area contributed by atoms with Gasteiger partial charge in [0.25, 0.3) is 6.43 Å². The maximum atomic E-state index is 12.7. The molecule has 3 aromatic rings. The van der Waals surface area contributed by atoms with Gasteiger partial charge in [0.2, 0.25) is 0 Å². The van der Waals surface area contributed by atoms with E-state index in [1.54, 1.807) is 10.9 Å². The third-order valence-corrected chi connectivity index (χ3v) is 3.14. The molecule has 0 spiro atoms. The zero-order chi connectivity index (χ0) is 15.1. The number of fused-ring (bicyclic) bond motifs is 1. The van der Waals surface area contributed by atoms with E-state index in [4.69, 9.17) is 5.73 Å². The lowest BCUT2D eigenvalue weighted by Crippen LogP contribution is -1.99. The zero-order valence-corrected chi connectivity index (χ0v) is 11.5. The van der Waals surface area contributed by atoms with E-state index in [2.05, 4.69) is 20.1 Å². The summed E-state index contributed by atoms with van der Waals surface area (Å²) >= 11 is 0. The van der Waals surface area contributed by atoms with Gasteiger partial charge >= 0.3 is 0 Å². The van der Waals surface area contributed by atoms with Gasteiger partial charge in [-0.3, -0.25) is 4.68 Å². The molecule has 0 atom stereocenters. The van der Waals surface area contributed by atoms with Gasteiger partial charge in [-0.1, -0.05) is 0 Å². The van der Waals surface area contributed by atoms with Crippen molar-refractivity contribution in [2.24, 2.45) is 0 Å². The maximum Gasteiger partial charge on any atom is 0.280 e. The summed E-state index contributed by atoms with van der Waals surface area (Å²) in [6.45, 7) is 4.01. The molecule has 0 saturated heterocycles. The zero-order valence-electron chi connectivity index (χ0n) is 11.5. The molecule has 0 aromatic carbocycles. The second-order valence-corrected chi connectivity index (χ2v) is 5.02. The van der Waals surface area contributed by atoms with Crippen molar-refractivity contribution in [3.05, 3.63) is 24.2 Å². The van der Waals surface area contributed by atoms with Crippen molar-refractivity contribution in [2.75, 3.05) is 5.73 Å². The molecule has 3 aromatic heterocycles. The minimum Gasteiger partial charge on any atom is -0.397 e. The van der Waals surface area contributed by atoms with Crippen LogP contribution in [0.1, 0.15) is 32.0 Å². The Bertz CT molecular complexity index is 789. The number of nitrogens with one attached hydrogen (secondary N) is 1. The Kier molecular flexibility index (Phi) is 3.08. The Morgan fingerprint density at radius 1 is 1.29 bits per heavy atom. The van der Waals surface area contributed by atoms with Gasteiger partial charge in [0.1, 0.15) is 17.0 Å². The molecule has 3 heterocycles. The number of hydrogen-bond donors (Lipinski definition) is 2. The van der Waals surface area contributed by atoms with Gasteiger partial charge in [0, 0.05) is 12.2 Å². The highest BCUT2D eigenvalue weighted by atomic mass is 19.3. The minimum atomic E-state index is -2.68. The van der Waals surface area contributed by atoms with Crippen molar-refractivity contribution in [3.8, 4) is 11.4 Å². The number of imidazole rings is 1. The molecule has 0 amide bonds. The number of nitrogens with two attached hydrogens (primary N) is 1. The number of pyridine rings is 1. The quantitative estimate of drug-likeness (QED) is 0.777. The Hall–Kier alpha value is -2.51. The second-order valence-electron chi connectivity index (χ2n) is 5.02. The lowest BCUT2D eigenvalue weighted by molar-refractivity contribution is 0.146. The number of nitrogen functional groups attached to an aromatic ring is 1. The average molecular weight is 292 g/mol. The number of aromatic amines is 1. The normalized spacial score (nSPS) is 11.9. The Labute approximate surface area is 119 Å². The summed E-state index contributed by atoms with van der Waals surface area (Å²) in [7, 11) is 0. The van der Waals surface area contributed by atoms with E-state index in [0.717, 1.165) is 11.6 Å². The molecule has 3 rings (SSSR count). The lowest BCUT2D eigenvalue weighted by Gasteiger charge is -2.02. The van der Waals surface area contributed by atoms with Crippen LogP contribution < -0.4 is 5.73 Å². The van der Waals surface area contributed by atoms with Crippen molar-refractivity contribution in [1.82, 2.24) is 24.7 Å². The van der Waals surface area contributed by atoms with E-state index in [1.807, 2.05) is 20.0 Å². The molecule has 0 aliphatic heterocycles. The number of aromatic nitrogens is 5. The van der Waals surface area contributed by atoms with Crippen LogP contribution in [0.2, 0.25) is 0 Å². The van der Waals surface area contributed by atoms with E-state index < -0.39 is 6.43 Å². The van der Waals surface area contributed by atoms with Crippen LogP contribution in [-0.4, -0.2) is 24.7 Å². The summed E-state index contributed by atoms with van der Waals surface area (Å²) in [6.07, 6.45) is 0.801. The molecule has 0 radical (unpaired) electrons. The number of hydrogen-bond acceptors (Lipinski definition) is 4. The third kappa shape index (κ3) is 2.32. The van der Waals surface area contributed by atoms with Crippen LogP contribution >= 0.6 is 0 Å². The summed E-state index contributed by atoms with van der Waals surface area (Å²) in [5.74, 6) is 0.502. The summed E-state index contributed by atoms with van der Waals surface area (Å²) in [6, 6.07) is 1.38. The van der Waals surface area contributed by atoms with Crippen LogP contribution in [0.4, 0.5) is 14.5 Å². The standard InChI is InChI=1S/C13H14F2N6/c1-6(2)21-5-7(4-17-21)12-19-10-8(16)3-9(11(14)15)18-13(10)20-12/h3-6,11H,1-2H3,(H3,16,18,19,20). The van der Waals surface area contributed by atoms with Gasteiger partial charge < -0.3 is 10.7 Å². The number of halogens is 2. The molecule has 0 aliphatic carbocycles. The molecule has 110 valence electrons. The summed E-state index contributed by atoms with van der Waals surface area (Å²) < 4.78 is 27.2. The Morgan fingerprint density at radius 3 is 2.67 bits per heavy atom. The second kappa shape index (κ2) is 4.80. The van der Waals surface area contributed by atoms with Crippen LogP contribution in [0.15, 0.2) is 18.5 Å². The van der Waals surface area contributed by atoms with E-state index in [-0.39, 0.29) is 23.1 Å². The van der Waals surface area contributed by atoms with Crippen LogP contribution in [-0.2, 0) is 0 Å². The predicted molar refractivity (Wildman–Crippen MR) is 74.9 cm³/mol. The number of alkyl halides is 2. The largest absolute Gasteiger partial charge is 0.397 e. The van der Waals surface area contributed by atoms with Crippen LogP contribution in [0.3, 0.4) is 0 Å². The lowest BCUT2D eigenvalue weighted by atomic mass is 10.3. The maximum absolute atomic E-state index is 12.7. The first-order valence-corrected chi connectivity index (χ1v) is 6.44.